The Bertz CT molecular complexity index is 1030. The van der Waals surface area contributed by atoms with Crippen molar-refractivity contribution in [3.63, 3.8) is 0 Å². The molecule has 1 atom stereocenters. The number of hydrogen-bond donors (Lipinski definition) is 1. The molecule has 1 aliphatic heterocycles. The predicted molar refractivity (Wildman–Crippen MR) is 127 cm³/mol. The molecule has 168 valence electrons. The SMILES string of the molecule is CN(Cc1ccccc1)C(=O)c1cn[nH]c1[C@@H]1CCCN(Cc2cccnc2N(C)C)C1. The molecule has 1 amide bonds. The largest absolute Gasteiger partial charge is 0.362 e. The smallest absolute Gasteiger partial charge is 0.257 e. The molecule has 2 aromatic heterocycles. The van der Waals surface area contributed by atoms with Gasteiger partial charge in [-0.1, -0.05) is 36.4 Å². The Hall–Kier alpha value is -3.19. The topological polar surface area (TPSA) is 68.4 Å². The molecule has 32 heavy (non-hydrogen) atoms. The third-order valence-corrected chi connectivity index (χ3v) is 6.11. The van der Waals surface area contributed by atoms with Crippen LogP contribution in [0.2, 0.25) is 0 Å². The molecule has 7 nitrogen and oxygen atoms in total. The van der Waals surface area contributed by atoms with Crippen molar-refractivity contribution in [2.45, 2.75) is 31.8 Å². The second kappa shape index (κ2) is 9.96. The van der Waals surface area contributed by atoms with E-state index in [0.29, 0.717) is 12.1 Å². The number of benzene rings is 1. The number of rotatable bonds is 7. The average molecular weight is 433 g/mol. The van der Waals surface area contributed by atoms with Gasteiger partial charge in [0.1, 0.15) is 5.82 Å². The van der Waals surface area contributed by atoms with E-state index in [1.165, 1.54) is 5.56 Å². The summed E-state index contributed by atoms with van der Waals surface area (Å²) in [5.74, 6) is 1.28. The maximum absolute atomic E-state index is 13.2. The number of amides is 1. The van der Waals surface area contributed by atoms with Gasteiger partial charge in [-0.3, -0.25) is 14.8 Å². The van der Waals surface area contributed by atoms with E-state index in [1.54, 1.807) is 11.1 Å². The fourth-order valence-electron chi connectivity index (χ4n) is 4.54. The Morgan fingerprint density at radius 3 is 2.75 bits per heavy atom. The van der Waals surface area contributed by atoms with Gasteiger partial charge in [-0.05, 0) is 31.0 Å². The fourth-order valence-corrected chi connectivity index (χ4v) is 4.54. The third kappa shape index (κ3) is 4.99. The summed E-state index contributed by atoms with van der Waals surface area (Å²) >= 11 is 0. The van der Waals surface area contributed by atoms with Crippen LogP contribution in [-0.4, -0.2) is 65.1 Å². The van der Waals surface area contributed by atoms with Crippen LogP contribution < -0.4 is 4.90 Å². The molecule has 0 bridgehead atoms. The zero-order chi connectivity index (χ0) is 22.5. The van der Waals surface area contributed by atoms with Crippen molar-refractivity contribution in [3.05, 3.63) is 77.2 Å². The molecule has 3 aromatic rings. The molecule has 4 rings (SSSR count). The van der Waals surface area contributed by atoms with Gasteiger partial charge in [-0.15, -0.1) is 0 Å². The minimum Gasteiger partial charge on any atom is -0.362 e. The number of nitrogens with one attached hydrogen (secondary N) is 1. The number of aromatic amines is 1. The lowest BCUT2D eigenvalue weighted by atomic mass is 9.92. The zero-order valence-electron chi connectivity index (χ0n) is 19.2. The number of likely N-dealkylation sites (tertiary alicyclic amines) is 1. The molecular weight excluding hydrogens is 400 g/mol. The second-order valence-corrected chi connectivity index (χ2v) is 8.80. The highest BCUT2D eigenvalue weighted by molar-refractivity contribution is 5.95. The molecule has 0 spiro atoms. The Balaban J connectivity index is 1.46. The summed E-state index contributed by atoms with van der Waals surface area (Å²) < 4.78 is 0. The molecule has 1 aliphatic rings. The van der Waals surface area contributed by atoms with Gasteiger partial charge in [0.05, 0.1) is 17.5 Å². The van der Waals surface area contributed by atoms with E-state index in [4.69, 9.17) is 0 Å². The first-order chi connectivity index (χ1) is 15.5. The highest BCUT2D eigenvalue weighted by Gasteiger charge is 2.28. The molecule has 7 heteroatoms. The Kier molecular flexibility index (Phi) is 6.85. The van der Waals surface area contributed by atoms with Crippen LogP contribution in [0.25, 0.3) is 0 Å². The van der Waals surface area contributed by atoms with E-state index in [-0.39, 0.29) is 11.8 Å². The molecular formula is C25H32N6O. The van der Waals surface area contributed by atoms with Crippen LogP contribution in [0.15, 0.2) is 54.9 Å². The molecule has 0 radical (unpaired) electrons. The summed E-state index contributed by atoms with van der Waals surface area (Å²) in [7, 11) is 5.91. The van der Waals surface area contributed by atoms with Crippen molar-refractivity contribution in [3.8, 4) is 0 Å². The molecule has 0 unspecified atom stereocenters. The van der Waals surface area contributed by atoms with Gasteiger partial charge in [0.25, 0.3) is 5.91 Å². The van der Waals surface area contributed by atoms with E-state index in [0.717, 1.165) is 49.6 Å². The number of pyridine rings is 1. The minimum absolute atomic E-state index is 0.0110. The van der Waals surface area contributed by atoms with Gasteiger partial charge in [0.2, 0.25) is 0 Å². The first-order valence-electron chi connectivity index (χ1n) is 11.2. The van der Waals surface area contributed by atoms with E-state index >= 15 is 0 Å². The fraction of sp³-hybridized carbons (Fsp3) is 0.400. The van der Waals surface area contributed by atoms with Crippen molar-refractivity contribution < 1.29 is 4.79 Å². The van der Waals surface area contributed by atoms with E-state index in [2.05, 4.69) is 31.0 Å². The highest BCUT2D eigenvalue weighted by atomic mass is 16.2. The number of nitrogens with zero attached hydrogens (tertiary/aromatic N) is 5. The van der Waals surface area contributed by atoms with Crippen molar-refractivity contribution >= 4 is 11.7 Å². The Labute approximate surface area is 190 Å². The van der Waals surface area contributed by atoms with Crippen LogP contribution in [-0.2, 0) is 13.1 Å². The molecule has 3 heterocycles. The maximum atomic E-state index is 13.2. The van der Waals surface area contributed by atoms with Crippen LogP contribution >= 0.6 is 0 Å². The summed E-state index contributed by atoms with van der Waals surface area (Å²) in [6, 6.07) is 14.2. The number of H-pyrrole nitrogens is 1. The van der Waals surface area contributed by atoms with Gasteiger partial charge in [0, 0.05) is 58.5 Å². The quantitative estimate of drug-likeness (QED) is 0.619. The van der Waals surface area contributed by atoms with Crippen LogP contribution in [0.4, 0.5) is 5.82 Å². The zero-order valence-corrected chi connectivity index (χ0v) is 19.2. The summed E-state index contributed by atoms with van der Waals surface area (Å²) in [5, 5.41) is 7.39. The summed E-state index contributed by atoms with van der Waals surface area (Å²) in [6.45, 7) is 3.37. The van der Waals surface area contributed by atoms with Crippen LogP contribution in [0.1, 0.15) is 45.9 Å². The molecule has 1 N–H and O–H groups in total. The van der Waals surface area contributed by atoms with Crippen LogP contribution in [0.3, 0.4) is 0 Å². The van der Waals surface area contributed by atoms with E-state index in [9.17, 15) is 4.79 Å². The number of aromatic nitrogens is 3. The predicted octanol–water partition coefficient (Wildman–Crippen LogP) is 3.52. The van der Waals surface area contributed by atoms with Gasteiger partial charge in [-0.25, -0.2) is 4.98 Å². The van der Waals surface area contributed by atoms with Crippen molar-refractivity contribution in [2.75, 3.05) is 39.1 Å². The minimum atomic E-state index is 0.0110. The van der Waals surface area contributed by atoms with Crippen molar-refractivity contribution in [1.82, 2.24) is 25.0 Å². The Morgan fingerprint density at radius 2 is 1.97 bits per heavy atom. The first kappa shape index (κ1) is 22.0. The Morgan fingerprint density at radius 1 is 1.16 bits per heavy atom. The molecule has 1 saturated heterocycles. The standard InChI is InChI=1S/C25H32N6O/c1-29(2)24-21(11-7-13-26-24)18-31-14-8-12-20(17-31)23-22(15-27-28-23)25(32)30(3)16-19-9-5-4-6-10-19/h4-7,9-11,13,15,20H,8,12,14,16-18H2,1-3H3,(H,27,28)/t20-/m1/s1. The number of anilines is 1. The van der Waals surface area contributed by atoms with Gasteiger partial charge >= 0.3 is 0 Å². The van der Waals surface area contributed by atoms with Gasteiger partial charge in [0.15, 0.2) is 0 Å². The average Bonchev–Trinajstić information content (AvgIpc) is 3.29. The molecule has 1 fully saturated rings. The summed E-state index contributed by atoms with van der Waals surface area (Å²) in [4.78, 5) is 24.0. The second-order valence-electron chi connectivity index (χ2n) is 8.80. The summed E-state index contributed by atoms with van der Waals surface area (Å²) in [6.07, 6.45) is 5.67. The van der Waals surface area contributed by atoms with E-state index < -0.39 is 0 Å². The number of carbonyl (C=O) groups excluding carboxylic acids is 1. The number of piperidine rings is 1. The maximum Gasteiger partial charge on any atom is 0.257 e. The normalized spacial score (nSPS) is 16.7. The van der Waals surface area contributed by atoms with Crippen molar-refractivity contribution in [2.24, 2.45) is 0 Å². The first-order valence-corrected chi connectivity index (χ1v) is 11.2. The van der Waals surface area contributed by atoms with Crippen LogP contribution in [0.5, 0.6) is 0 Å². The van der Waals surface area contributed by atoms with E-state index in [1.807, 2.05) is 63.7 Å². The lowest BCUT2D eigenvalue weighted by Crippen LogP contribution is -2.35. The molecule has 0 aliphatic carbocycles. The van der Waals surface area contributed by atoms with Crippen molar-refractivity contribution in [1.29, 1.82) is 0 Å². The summed E-state index contributed by atoms with van der Waals surface area (Å²) in [5.41, 5.74) is 3.98. The number of hydrogen-bond acceptors (Lipinski definition) is 5. The molecule has 0 saturated carbocycles. The lowest BCUT2D eigenvalue weighted by molar-refractivity contribution is 0.0782. The third-order valence-electron chi connectivity index (χ3n) is 6.11. The number of carbonyl (C=O) groups is 1. The highest BCUT2D eigenvalue weighted by Crippen LogP contribution is 2.30. The monoisotopic (exact) mass is 432 g/mol. The molecule has 1 aromatic carbocycles. The van der Waals surface area contributed by atoms with Gasteiger partial charge < -0.3 is 9.80 Å². The van der Waals surface area contributed by atoms with Gasteiger partial charge in [-0.2, -0.15) is 5.10 Å². The van der Waals surface area contributed by atoms with Crippen LogP contribution in [0, 0.1) is 0 Å². The lowest BCUT2D eigenvalue weighted by Gasteiger charge is -2.33.